The second kappa shape index (κ2) is 8.35. The SMILES string of the molecule is CCC(CC#N)N1CCCC(CNC(=O)C2CCCN2)C1. The lowest BCUT2D eigenvalue weighted by atomic mass is 9.95. The van der Waals surface area contributed by atoms with Gasteiger partial charge in [-0.1, -0.05) is 6.92 Å². The van der Waals surface area contributed by atoms with Gasteiger partial charge in [-0.05, 0) is 51.1 Å². The number of hydrogen-bond donors (Lipinski definition) is 2. The highest BCUT2D eigenvalue weighted by atomic mass is 16.2. The van der Waals surface area contributed by atoms with Gasteiger partial charge in [0.1, 0.15) is 0 Å². The van der Waals surface area contributed by atoms with Crippen LogP contribution in [0.3, 0.4) is 0 Å². The van der Waals surface area contributed by atoms with E-state index in [0.29, 0.717) is 18.4 Å². The standard InChI is InChI=1S/C16H28N4O/c1-2-14(7-8-17)20-10-4-5-13(12-20)11-19-16(21)15-6-3-9-18-15/h13-15,18H,2-7,9-12H2,1H3,(H,19,21). The lowest BCUT2D eigenvalue weighted by molar-refractivity contribution is -0.123. The minimum Gasteiger partial charge on any atom is -0.354 e. The Hall–Kier alpha value is -1.12. The first-order chi connectivity index (χ1) is 10.2. The number of carbonyl (C=O) groups excluding carboxylic acids is 1. The molecule has 0 aromatic rings. The molecule has 5 heteroatoms. The summed E-state index contributed by atoms with van der Waals surface area (Å²) < 4.78 is 0. The van der Waals surface area contributed by atoms with Gasteiger partial charge < -0.3 is 10.6 Å². The summed E-state index contributed by atoms with van der Waals surface area (Å²) in [5.74, 6) is 0.686. The molecule has 5 nitrogen and oxygen atoms in total. The zero-order valence-corrected chi connectivity index (χ0v) is 13.1. The maximum Gasteiger partial charge on any atom is 0.237 e. The number of carbonyl (C=O) groups is 1. The van der Waals surface area contributed by atoms with Crippen molar-refractivity contribution in [1.82, 2.24) is 15.5 Å². The minimum absolute atomic E-state index is 0.0201. The second-order valence-corrected chi connectivity index (χ2v) is 6.32. The molecule has 0 saturated carbocycles. The van der Waals surface area contributed by atoms with E-state index in [-0.39, 0.29) is 11.9 Å². The van der Waals surface area contributed by atoms with Gasteiger partial charge in [0.2, 0.25) is 5.91 Å². The first kappa shape index (κ1) is 16.3. The zero-order chi connectivity index (χ0) is 15.1. The quantitative estimate of drug-likeness (QED) is 0.773. The number of rotatable bonds is 6. The maximum atomic E-state index is 12.0. The zero-order valence-electron chi connectivity index (χ0n) is 13.1. The highest BCUT2D eigenvalue weighted by Crippen LogP contribution is 2.20. The Morgan fingerprint density at radius 1 is 1.48 bits per heavy atom. The topological polar surface area (TPSA) is 68.2 Å². The molecule has 0 aromatic heterocycles. The van der Waals surface area contributed by atoms with E-state index in [1.54, 1.807) is 0 Å². The first-order valence-electron chi connectivity index (χ1n) is 8.36. The van der Waals surface area contributed by atoms with Crippen LogP contribution in [-0.4, -0.2) is 49.1 Å². The molecule has 0 radical (unpaired) electrons. The van der Waals surface area contributed by atoms with Crippen molar-refractivity contribution in [2.45, 2.75) is 57.5 Å². The van der Waals surface area contributed by atoms with Crippen LogP contribution in [0.2, 0.25) is 0 Å². The molecule has 0 spiro atoms. The third kappa shape index (κ3) is 4.69. The predicted octanol–water partition coefficient (Wildman–Crippen LogP) is 1.26. The van der Waals surface area contributed by atoms with Crippen LogP contribution < -0.4 is 10.6 Å². The van der Waals surface area contributed by atoms with E-state index in [4.69, 9.17) is 5.26 Å². The second-order valence-electron chi connectivity index (χ2n) is 6.32. The molecule has 21 heavy (non-hydrogen) atoms. The Morgan fingerprint density at radius 3 is 3.00 bits per heavy atom. The van der Waals surface area contributed by atoms with Crippen LogP contribution in [0.5, 0.6) is 0 Å². The van der Waals surface area contributed by atoms with E-state index >= 15 is 0 Å². The molecule has 2 aliphatic heterocycles. The molecular weight excluding hydrogens is 264 g/mol. The summed E-state index contributed by atoms with van der Waals surface area (Å²) >= 11 is 0. The van der Waals surface area contributed by atoms with E-state index in [9.17, 15) is 4.79 Å². The van der Waals surface area contributed by atoms with E-state index < -0.39 is 0 Å². The van der Waals surface area contributed by atoms with Crippen LogP contribution in [0.4, 0.5) is 0 Å². The lowest BCUT2D eigenvalue weighted by Gasteiger charge is -2.37. The van der Waals surface area contributed by atoms with Crippen molar-refractivity contribution in [2.24, 2.45) is 5.92 Å². The van der Waals surface area contributed by atoms with Gasteiger partial charge in [-0.2, -0.15) is 5.26 Å². The summed E-state index contributed by atoms with van der Waals surface area (Å²) in [6, 6.07) is 2.70. The molecule has 3 unspecified atom stereocenters. The van der Waals surface area contributed by atoms with Crippen molar-refractivity contribution < 1.29 is 4.79 Å². The minimum atomic E-state index is 0.0201. The first-order valence-corrected chi connectivity index (χ1v) is 8.36. The van der Waals surface area contributed by atoms with Crippen molar-refractivity contribution in [2.75, 3.05) is 26.2 Å². The number of nitrogens with zero attached hydrogens (tertiary/aromatic N) is 2. The van der Waals surface area contributed by atoms with Crippen molar-refractivity contribution in [3.05, 3.63) is 0 Å². The number of nitriles is 1. The highest BCUT2D eigenvalue weighted by molar-refractivity contribution is 5.81. The summed E-state index contributed by atoms with van der Waals surface area (Å²) in [5, 5.41) is 15.3. The van der Waals surface area contributed by atoms with Crippen LogP contribution in [0, 0.1) is 17.2 Å². The van der Waals surface area contributed by atoms with Gasteiger partial charge in [-0.15, -0.1) is 0 Å². The number of likely N-dealkylation sites (tertiary alicyclic amines) is 1. The van der Waals surface area contributed by atoms with Crippen LogP contribution in [0.1, 0.15) is 45.4 Å². The molecule has 0 aliphatic carbocycles. The average Bonchev–Trinajstić information content (AvgIpc) is 3.05. The predicted molar refractivity (Wildman–Crippen MR) is 82.6 cm³/mol. The van der Waals surface area contributed by atoms with Gasteiger partial charge in [0.05, 0.1) is 18.5 Å². The van der Waals surface area contributed by atoms with Gasteiger partial charge in [0, 0.05) is 19.1 Å². The number of hydrogen-bond acceptors (Lipinski definition) is 4. The molecule has 1 amide bonds. The molecule has 118 valence electrons. The maximum absolute atomic E-state index is 12.0. The largest absolute Gasteiger partial charge is 0.354 e. The number of amides is 1. The average molecular weight is 292 g/mol. The van der Waals surface area contributed by atoms with E-state index in [1.807, 2.05) is 0 Å². The molecule has 2 heterocycles. The van der Waals surface area contributed by atoms with Crippen molar-refractivity contribution in [3.8, 4) is 6.07 Å². The molecular formula is C16H28N4O. The summed E-state index contributed by atoms with van der Waals surface area (Å²) in [7, 11) is 0. The Labute approximate surface area is 128 Å². The third-order valence-electron chi connectivity index (χ3n) is 4.81. The van der Waals surface area contributed by atoms with Gasteiger partial charge in [0.25, 0.3) is 0 Å². The van der Waals surface area contributed by atoms with Crippen LogP contribution in [0.15, 0.2) is 0 Å². The van der Waals surface area contributed by atoms with Gasteiger partial charge >= 0.3 is 0 Å². The normalized spacial score (nSPS) is 28.0. The van der Waals surface area contributed by atoms with Crippen molar-refractivity contribution in [1.29, 1.82) is 5.26 Å². The fourth-order valence-corrected chi connectivity index (χ4v) is 3.51. The lowest BCUT2D eigenvalue weighted by Crippen LogP contribution is -2.47. The number of nitrogens with one attached hydrogen (secondary N) is 2. The van der Waals surface area contributed by atoms with Crippen molar-refractivity contribution >= 4 is 5.91 Å². The molecule has 2 N–H and O–H groups in total. The van der Waals surface area contributed by atoms with Crippen LogP contribution in [-0.2, 0) is 4.79 Å². The third-order valence-corrected chi connectivity index (χ3v) is 4.81. The number of piperidine rings is 1. The molecule has 3 atom stereocenters. The van der Waals surface area contributed by atoms with E-state index in [1.165, 1.54) is 12.8 Å². The van der Waals surface area contributed by atoms with Crippen LogP contribution >= 0.6 is 0 Å². The molecule has 0 bridgehead atoms. The Balaban J connectivity index is 1.75. The Bertz CT molecular complexity index is 373. The van der Waals surface area contributed by atoms with Gasteiger partial charge in [-0.3, -0.25) is 9.69 Å². The fraction of sp³-hybridized carbons (Fsp3) is 0.875. The molecule has 2 fully saturated rings. The van der Waals surface area contributed by atoms with Gasteiger partial charge in [-0.25, -0.2) is 0 Å². The summed E-state index contributed by atoms with van der Waals surface area (Å²) in [6.45, 7) is 5.99. The smallest absolute Gasteiger partial charge is 0.237 e. The molecule has 0 aromatic carbocycles. The Kier molecular flexibility index (Phi) is 6.47. The van der Waals surface area contributed by atoms with Gasteiger partial charge in [0.15, 0.2) is 0 Å². The summed E-state index contributed by atoms with van der Waals surface area (Å²) in [4.78, 5) is 14.5. The van der Waals surface area contributed by atoms with Crippen molar-refractivity contribution in [3.63, 3.8) is 0 Å². The monoisotopic (exact) mass is 292 g/mol. The van der Waals surface area contributed by atoms with E-state index in [0.717, 1.165) is 45.4 Å². The van der Waals surface area contributed by atoms with E-state index in [2.05, 4.69) is 28.5 Å². The molecule has 2 saturated heterocycles. The highest BCUT2D eigenvalue weighted by Gasteiger charge is 2.26. The van der Waals surface area contributed by atoms with Crippen LogP contribution in [0.25, 0.3) is 0 Å². The molecule has 2 rings (SSSR count). The summed E-state index contributed by atoms with van der Waals surface area (Å²) in [6.07, 6.45) is 6.05. The summed E-state index contributed by atoms with van der Waals surface area (Å²) in [5.41, 5.74) is 0. The Morgan fingerprint density at radius 2 is 2.33 bits per heavy atom. The fourth-order valence-electron chi connectivity index (χ4n) is 3.51. The molecule has 2 aliphatic rings.